The summed E-state index contributed by atoms with van der Waals surface area (Å²) in [6, 6.07) is 5.71. The molecule has 0 aliphatic carbocycles. The van der Waals surface area contributed by atoms with Crippen molar-refractivity contribution in [1.29, 1.82) is 0 Å². The molecule has 1 aliphatic heterocycles. The van der Waals surface area contributed by atoms with E-state index in [9.17, 15) is 0 Å². The molecule has 2 rings (SSSR count). The van der Waals surface area contributed by atoms with Crippen molar-refractivity contribution >= 4 is 27.5 Å². The highest BCUT2D eigenvalue weighted by atomic mass is 79.9. The van der Waals surface area contributed by atoms with E-state index in [4.69, 9.17) is 15.7 Å². The molecule has 0 saturated carbocycles. The smallest absolute Gasteiger partial charge is 0.170 e. The average Bonchev–Trinajstić information content (AvgIpc) is 2.47. The van der Waals surface area contributed by atoms with E-state index in [0.717, 1.165) is 42.8 Å². The van der Waals surface area contributed by atoms with Crippen LogP contribution in [0, 0.1) is 5.92 Å². The Morgan fingerprint density at radius 1 is 1.50 bits per heavy atom. The van der Waals surface area contributed by atoms with Crippen LogP contribution in [0.2, 0.25) is 0 Å². The van der Waals surface area contributed by atoms with E-state index in [1.807, 2.05) is 18.2 Å². The second-order valence-corrected chi connectivity index (χ2v) is 5.94. The normalized spacial score (nSPS) is 17.2. The Labute approximate surface area is 127 Å². The van der Waals surface area contributed by atoms with E-state index < -0.39 is 0 Å². The first-order valence-corrected chi connectivity index (χ1v) is 7.47. The van der Waals surface area contributed by atoms with Crippen LogP contribution in [-0.2, 0) is 4.74 Å². The third-order valence-corrected chi connectivity index (χ3v) is 4.27. The molecule has 110 valence electrons. The van der Waals surface area contributed by atoms with Gasteiger partial charge in [-0.3, -0.25) is 0 Å². The van der Waals surface area contributed by atoms with Gasteiger partial charge in [0.25, 0.3) is 0 Å². The predicted octanol–water partition coefficient (Wildman–Crippen LogP) is 2.41. The number of halogens is 1. The molecule has 1 heterocycles. The van der Waals surface area contributed by atoms with Gasteiger partial charge in [-0.1, -0.05) is 5.16 Å². The van der Waals surface area contributed by atoms with Gasteiger partial charge in [-0.2, -0.15) is 0 Å². The fraction of sp³-hybridized carbons (Fsp3) is 0.500. The second kappa shape index (κ2) is 6.95. The molecule has 1 aromatic rings. The molecule has 0 aromatic heterocycles. The van der Waals surface area contributed by atoms with E-state index in [-0.39, 0.29) is 5.84 Å². The molecule has 0 bridgehead atoms. The van der Waals surface area contributed by atoms with Crippen LogP contribution >= 0.6 is 15.9 Å². The van der Waals surface area contributed by atoms with Gasteiger partial charge >= 0.3 is 0 Å². The molecule has 0 amide bonds. The van der Waals surface area contributed by atoms with Crippen LogP contribution in [0.3, 0.4) is 0 Å². The summed E-state index contributed by atoms with van der Waals surface area (Å²) in [5, 5.41) is 11.7. The lowest BCUT2D eigenvalue weighted by atomic mass is 9.99. The third kappa shape index (κ3) is 3.64. The number of hydrogen-bond acceptors (Lipinski definition) is 4. The zero-order valence-electron chi connectivity index (χ0n) is 11.6. The van der Waals surface area contributed by atoms with Crippen molar-refractivity contribution in [2.75, 3.05) is 31.7 Å². The van der Waals surface area contributed by atoms with Gasteiger partial charge in [0.05, 0.1) is 5.69 Å². The van der Waals surface area contributed by atoms with Gasteiger partial charge in [0.2, 0.25) is 0 Å². The number of oxime groups is 1. The fourth-order valence-corrected chi connectivity index (χ4v) is 3.13. The lowest BCUT2D eigenvalue weighted by molar-refractivity contribution is 0.0685. The van der Waals surface area contributed by atoms with Gasteiger partial charge < -0.3 is 20.6 Å². The second-order valence-electron chi connectivity index (χ2n) is 5.09. The number of nitrogens with zero attached hydrogens (tertiary/aromatic N) is 2. The first-order chi connectivity index (χ1) is 9.61. The maximum atomic E-state index is 8.70. The lowest BCUT2D eigenvalue weighted by Crippen LogP contribution is -2.29. The molecule has 5 nitrogen and oxygen atoms in total. The monoisotopic (exact) mass is 341 g/mol. The Bertz CT molecular complexity index is 487. The van der Waals surface area contributed by atoms with Gasteiger partial charge in [-0.15, -0.1) is 0 Å². The summed E-state index contributed by atoms with van der Waals surface area (Å²) < 4.78 is 6.33. The minimum absolute atomic E-state index is 0.115. The molecule has 1 fully saturated rings. The maximum absolute atomic E-state index is 8.70. The summed E-state index contributed by atoms with van der Waals surface area (Å²) in [4.78, 5) is 2.23. The molecule has 1 aromatic carbocycles. The predicted molar refractivity (Wildman–Crippen MR) is 83.5 cm³/mol. The molecule has 1 aliphatic rings. The van der Waals surface area contributed by atoms with E-state index >= 15 is 0 Å². The summed E-state index contributed by atoms with van der Waals surface area (Å²) in [6.45, 7) is 2.73. The zero-order chi connectivity index (χ0) is 14.5. The number of nitrogens with two attached hydrogens (primary N) is 1. The standard InChI is InChI=1S/C14H20BrN3O2/c1-18(9-10-4-6-20-7-5-10)13-3-2-11(8-12(13)15)14(16)17-19/h2-3,8,10,19H,4-7,9H2,1H3,(H2,16,17). The van der Waals surface area contributed by atoms with E-state index in [0.29, 0.717) is 11.5 Å². The molecule has 0 radical (unpaired) electrons. The number of rotatable bonds is 4. The van der Waals surface area contributed by atoms with Crippen molar-refractivity contribution < 1.29 is 9.94 Å². The van der Waals surface area contributed by atoms with Crippen LogP contribution in [0.15, 0.2) is 27.8 Å². The molecular formula is C14H20BrN3O2. The van der Waals surface area contributed by atoms with Crippen LogP contribution in [0.25, 0.3) is 0 Å². The Balaban J connectivity index is 2.07. The van der Waals surface area contributed by atoms with Crippen molar-refractivity contribution in [3.8, 4) is 0 Å². The largest absolute Gasteiger partial charge is 0.409 e. The molecule has 20 heavy (non-hydrogen) atoms. The van der Waals surface area contributed by atoms with Gasteiger partial charge in [0.1, 0.15) is 0 Å². The van der Waals surface area contributed by atoms with E-state index in [1.54, 1.807) is 0 Å². The molecule has 1 saturated heterocycles. The molecule has 3 N–H and O–H groups in total. The van der Waals surface area contributed by atoms with Crippen molar-refractivity contribution in [2.24, 2.45) is 16.8 Å². The molecule has 0 unspecified atom stereocenters. The molecule has 6 heteroatoms. The van der Waals surface area contributed by atoms with Crippen LogP contribution in [0.1, 0.15) is 18.4 Å². The third-order valence-electron chi connectivity index (χ3n) is 3.64. The fourth-order valence-electron chi connectivity index (χ4n) is 2.45. The highest BCUT2D eigenvalue weighted by Crippen LogP contribution is 2.28. The minimum atomic E-state index is 0.115. The number of benzene rings is 1. The summed E-state index contributed by atoms with van der Waals surface area (Å²) in [6.07, 6.45) is 2.23. The first kappa shape index (κ1) is 15.1. The van der Waals surface area contributed by atoms with E-state index in [2.05, 4.69) is 33.0 Å². The quantitative estimate of drug-likeness (QED) is 0.382. The SMILES string of the molecule is CN(CC1CCOCC1)c1ccc(/C(N)=N/O)cc1Br. The van der Waals surface area contributed by atoms with Crippen LogP contribution in [-0.4, -0.2) is 37.8 Å². The number of amidine groups is 1. The Morgan fingerprint density at radius 2 is 2.20 bits per heavy atom. The molecular weight excluding hydrogens is 322 g/mol. The van der Waals surface area contributed by atoms with Crippen molar-refractivity contribution in [2.45, 2.75) is 12.8 Å². The summed E-state index contributed by atoms with van der Waals surface area (Å²) in [5.74, 6) is 0.786. The number of ether oxygens (including phenoxy) is 1. The van der Waals surface area contributed by atoms with Crippen LogP contribution in [0.5, 0.6) is 0 Å². The highest BCUT2D eigenvalue weighted by Gasteiger charge is 2.17. The minimum Gasteiger partial charge on any atom is -0.409 e. The van der Waals surface area contributed by atoms with Gasteiger partial charge in [-0.05, 0) is 52.9 Å². The van der Waals surface area contributed by atoms with Gasteiger partial charge in [0, 0.05) is 36.8 Å². The van der Waals surface area contributed by atoms with E-state index in [1.165, 1.54) is 0 Å². The summed E-state index contributed by atoms with van der Waals surface area (Å²) in [5.41, 5.74) is 7.39. The highest BCUT2D eigenvalue weighted by molar-refractivity contribution is 9.10. The lowest BCUT2D eigenvalue weighted by Gasteiger charge is -2.29. The van der Waals surface area contributed by atoms with Crippen molar-refractivity contribution in [3.05, 3.63) is 28.2 Å². The Morgan fingerprint density at radius 3 is 2.80 bits per heavy atom. The van der Waals surface area contributed by atoms with Crippen molar-refractivity contribution in [3.63, 3.8) is 0 Å². The summed E-state index contributed by atoms with van der Waals surface area (Å²) >= 11 is 3.55. The van der Waals surface area contributed by atoms with Gasteiger partial charge in [-0.25, -0.2) is 0 Å². The summed E-state index contributed by atoms with van der Waals surface area (Å²) in [7, 11) is 2.08. The average molecular weight is 342 g/mol. The molecule has 0 atom stereocenters. The Kier molecular flexibility index (Phi) is 5.25. The maximum Gasteiger partial charge on any atom is 0.170 e. The van der Waals surface area contributed by atoms with Crippen LogP contribution in [0.4, 0.5) is 5.69 Å². The Hall–Kier alpha value is -1.27. The zero-order valence-corrected chi connectivity index (χ0v) is 13.1. The van der Waals surface area contributed by atoms with Crippen molar-refractivity contribution in [1.82, 2.24) is 0 Å². The number of hydrogen-bond donors (Lipinski definition) is 2. The van der Waals surface area contributed by atoms with Crippen LogP contribution < -0.4 is 10.6 Å². The number of anilines is 1. The first-order valence-electron chi connectivity index (χ1n) is 6.68. The van der Waals surface area contributed by atoms with Gasteiger partial charge in [0.15, 0.2) is 5.84 Å². The topological polar surface area (TPSA) is 71.1 Å². The molecule has 0 spiro atoms.